The van der Waals surface area contributed by atoms with E-state index in [9.17, 15) is 0 Å². The first-order valence-electron chi connectivity index (χ1n) is 9.07. The molecular formula is C17H38O6Si2. The average Bonchev–Trinajstić information content (AvgIpc) is 2.57. The molecule has 0 saturated heterocycles. The predicted octanol–water partition coefficient (Wildman–Crippen LogP) is 3.98. The molecule has 0 saturated carbocycles. The van der Waals surface area contributed by atoms with Crippen LogP contribution in [0.3, 0.4) is 0 Å². The van der Waals surface area contributed by atoms with Crippen molar-refractivity contribution in [2.75, 3.05) is 39.6 Å². The Morgan fingerprint density at radius 2 is 0.920 bits per heavy atom. The van der Waals surface area contributed by atoms with Gasteiger partial charge in [0.25, 0.3) is 0 Å². The Bertz CT molecular complexity index is 294. The first-order valence-corrected chi connectivity index (χ1v) is 12.8. The lowest BCUT2D eigenvalue weighted by atomic mass is 10.8. The molecule has 0 amide bonds. The van der Waals surface area contributed by atoms with Gasteiger partial charge in [0.15, 0.2) is 0 Å². The molecule has 0 radical (unpaired) electrons. The van der Waals surface area contributed by atoms with E-state index in [1.807, 2.05) is 41.5 Å². The second-order valence-electron chi connectivity index (χ2n) is 4.58. The second kappa shape index (κ2) is 17.1. The fourth-order valence-corrected chi connectivity index (χ4v) is 6.13. The minimum Gasteiger partial charge on any atom is -0.374 e. The molecule has 8 heteroatoms. The third kappa shape index (κ3) is 11.8. The van der Waals surface area contributed by atoms with E-state index >= 15 is 0 Å². The Labute approximate surface area is 156 Å². The first kappa shape index (κ1) is 26.9. The zero-order valence-electron chi connectivity index (χ0n) is 17.0. The molecule has 25 heavy (non-hydrogen) atoms. The minimum atomic E-state index is -2.51. The fourth-order valence-electron chi connectivity index (χ4n) is 2.04. The third-order valence-corrected chi connectivity index (χ3v) is 8.32. The van der Waals surface area contributed by atoms with Gasteiger partial charge in [-0.1, -0.05) is 12.7 Å². The molecule has 0 aliphatic carbocycles. The van der Waals surface area contributed by atoms with E-state index in [1.54, 1.807) is 11.8 Å². The van der Waals surface area contributed by atoms with Gasteiger partial charge < -0.3 is 26.6 Å². The number of hydrogen-bond acceptors (Lipinski definition) is 6. The molecule has 0 rings (SSSR count). The van der Waals surface area contributed by atoms with Crippen molar-refractivity contribution < 1.29 is 26.6 Å². The van der Waals surface area contributed by atoms with Crippen LogP contribution in [-0.2, 0) is 26.6 Å². The molecule has 150 valence electrons. The molecule has 0 aliphatic heterocycles. The second-order valence-corrected chi connectivity index (χ2v) is 9.70. The van der Waals surface area contributed by atoms with Gasteiger partial charge in [0.2, 0.25) is 0 Å². The largest absolute Gasteiger partial charge is 0.528 e. The zero-order chi connectivity index (χ0) is 19.6. The molecule has 0 heterocycles. The summed E-state index contributed by atoms with van der Waals surface area (Å²) in [5.74, 6) is 0. The van der Waals surface area contributed by atoms with Crippen molar-refractivity contribution in [3.8, 4) is 0 Å². The average molecular weight is 395 g/mol. The topological polar surface area (TPSA) is 55.4 Å². The van der Waals surface area contributed by atoms with Gasteiger partial charge in [-0.15, -0.1) is 6.58 Å². The van der Waals surface area contributed by atoms with Crippen molar-refractivity contribution in [1.82, 2.24) is 0 Å². The molecule has 0 aliphatic rings. The molecule has 0 unspecified atom stereocenters. The van der Waals surface area contributed by atoms with Gasteiger partial charge in [-0.3, -0.25) is 0 Å². The number of hydrogen-bond donors (Lipinski definition) is 0. The normalized spacial score (nSPS) is 11.6. The van der Waals surface area contributed by atoms with Crippen molar-refractivity contribution >= 4 is 17.6 Å². The fraction of sp³-hybridized carbons (Fsp3) is 0.765. The summed E-state index contributed by atoms with van der Waals surface area (Å²) in [7, 11) is -4.92. The summed E-state index contributed by atoms with van der Waals surface area (Å²) in [5, 5.41) is 0. The van der Waals surface area contributed by atoms with Crippen LogP contribution in [-0.4, -0.2) is 57.3 Å². The smallest absolute Gasteiger partial charge is 0.374 e. The molecule has 0 bridgehead atoms. The maximum atomic E-state index is 5.57. The van der Waals surface area contributed by atoms with Crippen molar-refractivity contribution in [1.29, 1.82) is 0 Å². The van der Waals surface area contributed by atoms with Crippen LogP contribution in [0.15, 0.2) is 24.9 Å². The summed E-state index contributed by atoms with van der Waals surface area (Å²) in [6.45, 7) is 22.6. The maximum absolute atomic E-state index is 5.57. The van der Waals surface area contributed by atoms with Crippen LogP contribution in [0.25, 0.3) is 0 Å². The molecular weight excluding hydrogens is 356 g/mol. The number of rotatable bonds is 15. The van der Waals surface area contributed by atoms with Crippen molar-refractivity contribution in [2.24, 2.45) is 0 Å². The third-order valence-electron chi connectivity index (χ3n) is 2.77. The zero-order valence-corrected chi connectivity index (χ0v) is 19.0. The first-order chi connectivity index (χ1) is 12.0. The number of allylic oxidation sites excluding steroid dienone is 1. The van der Waals surface area contributed by atoms with Gasteiger partial charge in [-0.2, -0.15) is 0 Å². The van der Waals surface area contributed by atoms with Crippen LogP contribution in [0, 0.1) is 0 Å². The predicted molar refractivity (Wildman–Crippen MR) is 106 cm³/mol. The van der Waals surface area contributed by atoms with Crippen molar-refractivity contribution in [3.05, 3.63) is 24.9 Å². The van der Waals surface area contributed by atoms with E-state index in [4.69, 9.17) is 26.6 Å². The highest BCUT2D eigenvalue weighted by atomic mass is 28.4. The van der Waals surface area contributed by atoms with Crippen LogP contribution >= 0.6 is 0 Å². The maximum Gasteiger partial charge on any atom is 0.528 e. The van der Waals surface area contributed by atoms with Gasteiger partial charge in [0.1, 0.15) is 0 Å². The molecule has 0 aromatic carbocycles. The summed E-state index contributed by atoms with van der Waals surface area (Å²) in [4.78, 5) is 0. The Morgan fingerprint density at radius 1 is 0.600 bits per heavy atom. The van der Waals surface area contributed by atoms with Gasteiger partial charge >= 0.3 is 17.6 Å². The van der Waals surface area contributed by atoms with E-state index in [0.717, 1.165) is 0 Å². The van der Waals surface area contributed by atoms with Crippen LogP contribution in [0.5, 0.6) is 0 Å². The highest BCUT2D eigenvalue weighted by Gasteiger charge is 2.38. The van der Waals surface area contributed by atoms with E-state index in [2.05, 4.69) is 13.2 Å². The molecule has 0 spiro atoms. The van der Waals surface area contributed by atoms with Gasteiger partial charge in [-0.25, -0.2) is 0 Å². The van der Waals surface area contributed by atoms with E-state index in [0.29, 0.717) is 45.7 Å². The van der Waals surface area contributed by atoms with E-state index < -0.39 is 17.6 Å². The highest BCUT2D eigenvalue weighted by molar-refractivity contribution is 6.66. The Hall–Kier alpha value is -0.326. The molecule has 0 aromatic rings. The Morgan fingerprint density at radius 3 is 1.12 bits per heavy atom. The minimum absolute atomic E-state index is 0.595. The molecule has 0 N–H and O–H groups in total. The SMILES string of the molecule is C=CC[Si](OCC)(OCC)OCC.C=C[Si](OCC)(OCC)OCC. The standard InChI is InChI=1S/C9H20O3Si.C8H18O3Si/c1-5-9-13(10-6-2,11-7-3)12-8-4;1-5-9-12(8-4,10-6-2)11-7-3/h5H,1,6-9H2,2-4H3;8H,4-7H2,1-3H3. The van der Waals surface area contributed by atoms with Gasteiger partial charge in [0.05, 0.1) is 0 Å². The van der Waals surface area contributed by atoms with Crippen LogP contribution < -0.4 is 0 Å². The van der Waals surface area contributed by atoms with Gasteiger partial charge in [-0.05, 0) is 47.2 Å². The molecule has 0 atom stereocenters. The highest BCUT2D eigenvalue weighted by Crippen LogP contribution is 2.15. The van der Waals surface area contributed by atoms with E-state index in [-0.39, 0.29) is 0 Å². The van der Waals surface area contributed by atoms with Crippen LogP contribution in [0.4, 0.5) is 0 Å². The lowest BCUT2D eigenvalue weighted by Crippen LogP contribution is -2.45. The van der Waals surface area contributed by atoms with E-state index in [1.165, 1.54) is 0 Å². The summed E-state index contributed by atoms with van der Waals surface area (Å²) < 4.78 is 33.0. The summed E-state index contributed by atoms with van der Waals surface area (Å²) >= 11 is 0. The van der Waals surface area contributed by atoms with Crippen LogP contribution in [0.1, 0.15) is 41.5 Å². The molecule has 6 nitrogen and oxygen atoms in total. The van der Waals surface area contributed by atoms with Crippen LogP contribution in [0.2, 0.25) is 6.04 Å². The molecule has 0 aromatic heterocycles. The van der Waals surface area contributed by atoms with Crippen molar-refractivity contribution in [3.63, 3.8) is 0 Å². The Kier molecular flexibility index (Phi) is 18.4. The van der Waals surface area contributed by atoms with Crippen molar-refractivity contribution in [2.45, 2.75) is 47.6 Å². The quantitative estimate of drug-likeness (QED) is 0.309. The lowest BCUT2D eigenvalue weighted by Gasteiger charge is -2.27. The molecule has 0 fully saturated rings. The summed E-state index contributed by atoms with van der Waals surface area (Å²) in [6, 6.07) is 0.683. The van der Waals surface area contributed by atoms with Gasteiger partial charge in [0, 0.05) is 45.7 Å². The Balaban J connectivity index is 0. The lowest BCUT2D eigenvalue weighted by molar-refractivity contribution is 0.0742. The monoisotopic (exact) mass is 394 g/mol. The summed E-state index contributed by atoms with van der Waals surface area (Å²) in [6.07, 6.45) is 1.80. The summed E-state index contributed by atoms with van der Waals surface area (Å²) in [5.41, 5.74) is 1.67.